The first-order chi connectivity index (χ1) is 10.1. The van der Waals surface area contributed by atoms with Crippen LogP contribution in [0.5, 0.6) is 0 Å². The van der Waals surface area contributed by atoms with Crippen molar-refractivity contribution in [3.05, 3.63) is 41.8 Å². The number of aromatic nitrogens is 2. The minimum Gasteiger partial charge on any atom is -0.339 e. The van der Waals surface area contributed by atoms with E-state index >= 15 is 0 Å². The van der Waals surface area contributed by atoms with Crippen molar-refractivity contribution in [3.8, 4) is 0 Å². The molecule has 1 aromatic carbocycles. The lowest BCUT2D eigenvalue weighted by Gasteiger charge is -2.16. The third kappa shape index (κ3) is 2.53. The van der Waals surface area contributed by atoms with Gasteiger partial charge in [0, 0.05) is 18.9 Å². The zero-order valence-electron chi connectivity index (χ0n) is 11.9. The normalized spacial score (nSPS) is 18.8. The molecule has 1 aromatic heterocycles. The van der Waals surface area contributed by atoms with E-state index in [9.17, 15) is 9.18 Å². The van der Waals surface area contributed by atoms with E-state index in [-0.39, 0.29) is 24.2 Å². The van der Waals surface area contributed by atoms with E-state index in [4.69, 9.17) is 4.52 Å². The molecule has 1 aliphatic heterocycles. The Kier molecular flexibility index (Phi) is 3.45. The van der Waals surface area contributed by atoms with Crippen LogP contribution in [0.4, 0.5) is 10.1 Å². The molecule has 110 valence electrons. The van der Waals surface area contributed by atoms with Crippen molar-refractivity contribution in [1.29, 1.82) is 0 Å². The fraction of sp³-hybridized carbons (Fsp3) is 0.400. The number of anilines is 1. The zero-order valence-corrected chi connectivity index (χ0v) is 11.9. The summed E-state index contributed by atoms with van der Waals surface area (Å²) in [6.07, 6.45) is 0.258. The highest BCUT2D eigenvalue weighted by atomic mass is 19.1. The molecule has 0 bridgehead atoms. The zero-order chi connectivity index (χ0) is 15.0. The largest absolute Gasteiger partial charge is 0.339 e. The van der Waals surface area contributed by atoms with E-state index < -0.39 is 5.82 Å². The minimum atomic E-state index is -0.403. The number of para-hydroxylation sites is 1. The van der Waals surface area contributed by atoms with E-state index in [1.54, 1.807) is 18.2 Å². The van der Waals surface area contributed by atoms with Crippen LogP contribution in [0, 0.1) is 5.82 Å². The minimum absolute atomic E-state index is 0.130. The molecule has 3 rings (SSSR count). The first kappa shape index (κ1) is 13.7. The van der Waals surface area contributed by atoms with E-state index in [0.29, 0.717) is 23.9 Å². The highest BCUT2D eigenvalue weighted by Crippen LogP contribution is 2.32. The second kappa shape index (κ2) is 5.27. The Morgan fingerprint density at radius 1 is 1.38 bits per heavy atom. The highest BCUT2D eigenvalue weighted by molar-refractivity contribution is 5.96. The Balaban J connectivity index is 1.83. The van der Waals surface area contributed by atoms with Crippen molar-refractivity contribution in [2.24, 2.45) is 0 Å². The van der Waals surface area contributed by atoms with Gasteiger partial charge in [0.1, 0.15) is 5.82 Å². The summed E-state index contributed by atoms with van der Waals surface area (Å²) in [5.74, 6) is 0.529. The molecule has 6 heteroatoms. The molecule has 1 atom stereocenters. The third-order valence-corrected chi connectivity index (χ3v) is 3.59. The second-order valence-electron chi connectivity index (χ2n) is 5.50. The molecule has 1 amide bonds. The summed E-state index contributed by atoms with van der Waals surface area (Å²) >= 11 is 0. The second-order valence-corrected chi connectivity index (χ2v) is 5.50. The van der Waals surface area contributed by atoms with Gasteiger partial charge in [-0.25, -0.2) is 4.39 Å². The quantitative estimate of drug-likeness (QED) is 0.871. The Hall–Kier alpha value is -2.24. The van der Waals surface area contributed by atoms with Gasteiger partial charge in [-0.1, -0.05) is 31.1 Å². The smallest absolute Gasteiger partial charge is 0.232 e. The maximum absolute atomic E-state index is 13.8. The van der Waals surface area contributed by atoms with Gasteiger partial charge >= 0.3 is 0 Å². The van der Waals surface area contributed by atoms with E-state index in [2.05, 4.69) is 10.1 Å². The summed E-state index contributed by atoms with van der Waals surface area (Å²) in [6.45, 7) is 4.31. The number of nitrogens with zero attached hydrogens (tertiary/aromatic N) is 3. The lowest BCUT2D eigenvalue weighted by molar-refractivity contribution is -0.117. The predicted octanol–water partition coefficient (Wildman–Crippen LogP) is 2.85. The predicted molar refractivity (Wildman–Crippen MR) is 74.5 cm³/mol. The highest BCUT2D eigenvalue weighted by Gasteiger charge is 2.36. The van der Waals surface area contributed by atoms with Crippen molar-refractivity contribution >= 4 is 11.6 Å². The van der Waals surface area contributed by atoms with Gasteiger partial charge in [0.2, 0.25) is 11.8 Å². The van der Waals surface area contributed by atoms with Crippen LogP contribution in [0.3, 0.4) is 0 Å². The van der Waals surface area contributed by atoms with Crippen LogP contribution in [-0.2, 0) is 4.79 Å². The molecule has 2 heterocycles. The summed E-state index contributed by atoms with van der Waals surface area (Å²) in [6, 6.07) is 6.26. The Morgan fingerprint density at radius 2 is 2.14 bits per heavy atom. The van der Waals surface area contributed by atoms with Crippen LogP contribution < -0.4 is 4.90 Å². The fourth-order valence-corrected chi connectivity index (χ4v) is 2.42. The molecular weight excluding hydrogens is 273 g/mol. The summed E-state index contributed by atoms with van der Waals surface area (Å²) in [5.41, 5.74) is 0.300. The molecule has 1 saturated heterocycles. The molecule has 1 aliphatic rings. The number of halogens is 1. The average Bonchev–Trinajstić information content (AvgIpc) is 3.06. The molecule has 1 fully saturated rings. The number of rotatable bonds is 3. The van der Waals surface area contributed by atoms with E-state index in [0.717, 1.165) is 0 Å². The summed E-state index contributed by atoms with van der Waals surface area (Å²) in [7, 11) is 0. The van der Waals surface area contributed by atoms with Gasteiger partial charge in [-0.3, -0.25) is 4.79 Å². The summed E-state index contributed by atoms with van der Waals surface area (Å²) < 4.78 is 19.0. The molecule has 21 heavy (non-hydrogen) atoms. The van der Waals surface area contributed by atoms with Gasteiger partial charge in [-0.2, -0.15) is 4.98 Å². The summed E-state index contributed by atoms with van der Waals surface area (Å²) in [5, 5.41) is 3.91. The first-order valence-corrected chi connectivity index (χ1v) is 6.94. The Labute approximate surface area is 121 Å². The van der Waals surface area contributed by atoms with Crippen molar-refractivity contribution < 1.29 is 13.7 Å². The Morgan fingerprint density at radius 3 is 2.81 bits per heavy atom. The van der Waals surface area contributed by atoms with Gasteiger partial charge in [-0.15, -0.1) is 0 Å². The molecule has 0 radical (unpaired) electrons. The van der Waals surface area contributed by atoms with Crippen LogP contribution in [0.15, 0.2) is 28.8 Å². The van der Waals surface area contributed by atoms with Crippen molar-refractivity contribution in [2.75, 3.05) is 11.4 Å². The topological polar surface area (TPSA) is 59.2 Å². The molecular formula is C15H16FN3O2. The lowest BCUT2D eigenvalue weighted by atomic mass is 10.1. The van der Waals surface area contributed by atoms with E-state index in [1.807, 2.05) is 13.8 Å². The van der Waals surface area contributed by atoms with Gasteiger partial charge < -0.3 is 9.42 Å². The standard InChI is InChI=1S/C15H16FN3O2/c1-9(2)14-17-15(21-18-14)10-7-13(20)19(8-10)12-6-4-3-5-11(12)16/h3-6,9-10H,7-8H2,1-2H3/t10-/m1/s1. The molecule has 5 nitrogen and oxygen atoms in total. The molecule has 0 N–H and O–H groups in total. The van der Waals surface area contributed by atoms with Crippen LogP contribution in [-0.4, -0.2) is 22.6 Å². The number of benzene rings is 1. The van der Waals surface area contributed by atoms with Crippen molar-refractivity contribution in [2.45, 2.75) is 32.1 Å². The molecule has 2 aromatic rings. The van der Waals surface area contributed by atoms with Gasteiger partial charge in [-0.05, 0) is 12.1 Å². The molecule has 0 spiro atoms. The number of amides is 1. The van der Waals surface area contributed by atoms with Crippen LogP contribution in [0.1, 0.15) is 43.8 Å². The fourth-order valence-electron chi connectivity index (χ4n) is 2.42. The van der Waals surface area contributed by atoms with Crippen LogP contribution >= 0.6 is 0 Å². The summed E-state index contributed by atoms with van der Waals surface area (Å²) in [4.78, 5) is 17.9. The van der Waals surface area contributed by atoms with Crippen LogP contribution in [0.2, 0.25) is 0 Å². The lowest BCUT2D eigenvalue weighted by Crippen LogP contribution is -2.25. The average molecular weight is 289 g/mol. The molecule has 0 aliphatic carbocycles. The Bertz CT molecular complexity index is 668. The van der Waals surface area contributed by atoms with Gasteiger partial charge in [0.15, 0.2) is 5.82 Å². The monoisotopic (exact) mass is 289 g/mol. The van der Waals surface area contributed by atoms with E-state index in [1.165, 1.54) is 11.0 Å². The third-order valence-electron chi connectivity index (χ3n) is 3.59. The van der Waals surface area contributed by atoms with Crippen LogP contribution in [0.25, 0.3) is 0 Å². The maximum atomic E-state index is 13.8. The van der Waals surface area contributed by atoms with Crippen molar-refractivity contribution in [1.82, 2.24) is 10.1 Å². The SMILES string of the molecule is CC(C)c1noc([C@@H]2CC(=O)N(c3ccccc3F)C2)n1. The van der Waals surface area contributed by atoms with Gasteiger partial charge in [0.25, 0.3) is 0 Å². The molecule has 0 saturated carbocycles. The molecule has 0 unspecified atom stereocenters. The maximum Gasteiger partial charge on any atom is 0.232 e. The number of hydrogen-bond donors (Lipinski definition) is 0. The first-order valence-electron chi connectivity index (χ1n) is 6.94. The number of hydrogen-bond acceptors (Lipinski definition) is 4. The van der Waals surface area contributed by atoms with Crippen molar-refractivity contribution in [3.63, 3.8) is 0 Å². The number of carbonyl (C=O) groups is 1. The number of carbonyl (C=O) groups excluding carboxylic acids is 1. The van der Waals surface area contributed by atoms with Gasteiger partial charge in [0.05, 0.1) is 11.6 Å².